The van der Waals surface area contributed by atoms with Crippen molar-refractivity contribution < 1.29 is 5.11 Å². The maximum Gasteiger partial charge on any atom is 0.0779 e. The van der Waals surface area contributed by atoms with E-state index in [0.29, 0.717) is 0 Å². The van der Waals surface area contributed by atoms with Crippen molar-refractivity contribution >= 4 is 0 Å². The molecule has 0 saturated heterocycles. The van der Waals surface area contributed by atoms with Crippen LogP contribution >= 0.6 is 0 Å². The molecule has 1 atom stereocenters. The van der Waals surface area contributed by atoms with Crippen LogP contribution in [-0.4, -0.2) is 10.1 Å². The third kappa shape index (κ3) is 1.77. The minimum absolute atomic E-state index is 0.404. The van der Waals surface area contributed by atoms with Gasteiger partial charge in [0, 0.05) is 18.0 Å². The summed E-state index contributed by atoms with van der Waals surface area (Å²) in [6.07, 6.45) is 4.02. The van der Waals surface area contributed by atoms with E-state index in [1.807, 2.05) is 6.07 Å². The molecular weight excluding hydrogens is 138 g/mol. The lowest BCUT2D eigenvalue weighted by Gasteiger charge is -2.08. The predicted molar refractivity (Wildman–Crippen MR) is 44.2 cm³/mol. The van der Waals surface area contributed by atoms with Crippen LogP contribution < -0.4 is 0 Å². The lowest BCUT2D eigenvalue weighted by atomic mass is 10.0. The van der Waals surface area contributed by atoms with Crippen molar-refractivity contribution in [2.75, 3.05) is 0 Å². The van der Waals surface area contributed by atoms with Gasteiger partial charge in [-0.15, -0.1) is 0 Å². The van der Waals surface area contributed by atoms with Gasteiger partial charge in [0.2, 0.25) is 0 Å². The van der Waals surface area contributed by atoms with Gasteiger partial charge in [0.1, 0.15) is 0 Å². The number of nitrogens with zero attached hydrogens (tertiary/aromatic N) is 1. The van der Waals surface area contributed by atoms with Crippen molar-refractivity contribution in [1.29, 1.82) is 0 Å². The SMILES string of the molecule is CCc1ccncc1C(C)O. The second-order valence-corrected chi connectivity index (χ2v) is 2.60. The summed E-state index contributed by atoms with van der Waals surface area (Å²) in [6, 6.07) is 1.95. The molecule has 0 aromatic carbocycles. The summed E-state index contributed by atoms with van der Waals surface area (Å²) < 4.78 is 0. The van der Waals surface area contributed by atoms with Crippen LogP contribution in [0.25, 0.3) is 0 Å². The van der Waals surface area contributed by atoms with Crippen molar-refractivity contribution in [3.8, 4) is 0 Å². The number of aliphatic hydroxyl groups excluding tert-OH is 1. The molecule has 0 spiro atoms. The highest BCUT2D eigenvalue weighted by Crippen LogP contribution is 2.15. The molecule has 0 aliphatic rings. The maximum atomic E-state index is 9.30. The minimum atomic E-state index is -0.404. The van der Waals surface area contributed by atoms with Gasteiger partial charge in [-0.05, 0) is 25.0 Å². The quantitative estimate of drug-likeness (QED) is 0.697. The van der Waals surface area contributed by atoms with E-state index >= 15 is 0 Å². The summed E-state index contributed by atoms with van der Waals surface area (Å²) in [5.74, 6) is 0. The Bertz CT molecular complexity index is 233. The highest BCUT2D eigenvalue weighted by atomic mass is 16.3. The van der Waals surface area contributed by atoms with E-state index in [0.717, 1.165) is 12.0 Å². The minimum Gasteiger partial charge on any atom is -0.389 e. The zero-order chi connectivity index (χ0) is 8.27. The van der Waals surface area contributed by atoms with Gasteiger partial charge in [-0.3, -0.25) is 4.98 Å². The van der Waals surface area contributed by atoms with Gasteiger partial charge in [0.15, 0.2) is 0 Å². The van der Waals surface area contributed by atoms with Gasteiger partial charge in [-0.25, -0.2) is 0 Å². The Morgan fingerprint density at radius 3 is 2.82 bits per heavy atom. The molecule has 60 valence electrons. The molecule has 0 amide bonds. The summed E-state index contributed by atoms with van der Waals surface area (Å²) in [4.78, 5) is 3.95. The van der Waals surface area contributed by atoms with E-state index in [-0.39, 0.29) is 0 Å². The van der Waals surface area contributed by atoms with Crippen molar-refractivity contribution in [1.82, 2.24) is 4.98 Å². The fourth-order valence-corrected chi connectivity index (χ4v) is 1.13. The molecule has 1 rings (SSSR count). The van der Waals surface area contributed by atoms with Crippen LogP contribution in [0.2, 0.25) is 0 Å². The van der Waals surface area contributed by atoms with Crippen molar-refractivity contribution in [3.63, 3.8) is 0 Å². The van der Waals surface area contributed by atoms with Gasteiger partial charge < -0.3 is 5.11 Å². The number of hydrogen-bond acceptors (Lipinski definition) is 2. The Morgan fingerprint density at radius 1 is 1.64 bits per heavy atom. The number of aromatic nitrogens is 1. The van der Waals surface area contributed by atoms with Crippen LogP contribution in [0.4, 0.5) is 0 Å². The van der Waals surface area contributed by atoms with Crippen LogP contribution in [0, 0.1) is 0 Å². The molecule has 0 fully saturated rings. The first-order chi connectivity index (χ1) is 5.25. The average molecular weight is 151 g/mol. The fourth-order valence-electron chi connectivity index (χ4n) is 1.13. The lowest BCUT2D eigenvalue weighted by Crippen LogP contribution is -1.97. The molecule has 0 aliphatic carbocycles. The van der Waals surface area contributed by atoms with Crippen LogP contribution in [0.3, 0.4) is 0 Å². The smallest absolute Gasteiger partial charge is 0.0779 e. The fraction of sp³-hybridized carbons (Fsp3) is 0.444. The molecule has 0 bridgehead atoms. The van der Waals surface area contributed by atoms with Crippen LogP contribution in [0.15, 0.2) is 18.5 Å². The Hall–Kier alpha value is -0.890. The van der Waals surface area contributed by atoms with E-state index in [2.05, 4.69) is 11.9 Å². The molecule has 1 aromatic rings. The molecule has 1 heterocycles. The number of pyridine rings is 1. The molecule has 2 nitrogen and oxygen atoms in total. The van der Waals surface area contributed by atoms with Crippen molar-refractivity contribution in [3.05, 3.63) is 29.6 Å². The topological polar surface area (TPSA) is 33.1 Å². The molecule has 0 radical (unpaired) electrons. The van der Waals surface area contributed by atoms with Gasteiger partial charge in [-0.2, -0.15) is 0 Å². The second kappa shape index (κ2) is 3.49. The zero-order valence-corrected chi connectivity index (χ0v) is 6.91. The first-order valence-corrected chi connectivity index (χ1v) is 3.86. The predicted octanol–water partition coefficient (Wildman–Crippen LogP) is 1.70. The van der Waals surface area contributed by atoms with Gasteiger partial charge in [0.25, 0.3) is 0 Å². The Balaban J connectivity index is 3.02. The molecule has 1 aromatic heterocycles. The first-order valence-electron chi connectivity index (χ1n) is 3.86. The van der Waals surface area contributed by atoms with Crippen LogP contribution in [-0.2, 0) is 6.42 Å². The summed E-state index contributed by atoms with van der Waals surface area (Å²) in [5.41, 5.74) is 2.12. The van der Waals surface area contributed by atoms with Gasteiger partial charge in [0.05, 0.1) is 6.10 Å². The van der Waals surface area contributed by atoms with Gasteiger partial charge in [-0.1, -0.05) is 6.92 Å². The largest absolute Gasteiger partial charge is 0.389 e. The Morgan fingerprint density at radius 2 is 2.36 bits per heavy atom. The summed E-state index contributed by atoms with van der Waals surface area (Å²) in [7, 11) is 0. The lowest BCUT2D eigenvalue weighted by molar-refractivity contribution is 0.198. The monoisotopic (exact) mass is 151 g/mol. The molecule has 1 unspecified atom stereocenters. The van der Waals surface area contributed by atoms with Crippen LogP contribution in [0.1, 0.15) is 31.1 Å². The third-order valence-electron chi connectivity index (χ3n) is 1.78. The average Bonchev–Trinajstić information content (AvgIpc) is 2.04. The van der Waals surface area contributed by atoms with Crippen LogP contribution in [0.5, 0.6) is 0 Å². The summed E-state index contributed by atoms with van der Waals surface area (Å²) in [5, 5.41) is 9.30. The molecule has 0 aliphatic heterocycles. The van der Waals surface area contributed by atoms with E-state index in [1.165, 1.54) is 5.56 Å². The summed E-state index contributed by atoms with van der Waals surface area (Å²) in [6.45, 7) is 3.83. The number of aryl methyl sites for hydroxylation is 1. The highest BCUT2D eigenvalue weighted by molar-refractivity contribution is 5.24. The van der Waals surface area contributed by atoms with Crippen molar-refractivity contribution in [2.24, 2.45) is 0 Å². The second-order valence-electron chi connectivity index (χ2n) is 2.60. The molecule has 1 N–H and O–H groups in total. The van der Waals surface area contributed by atoms with E-state index < -0.39 is 6.10 Å². The standard InChI is InChI=1S/C9H13NO/c1-3-8-4-5-10-6-9(8)7(2)11/h4-7,11H,3H2,1-2H3. The zero-order valence-electron chi connectivity index (χ0n) is 6.91. The van der Waals surface area contributed by atoms with E-state index in [1.54, 1.807) is 19.3 Å². The number of rotatable bonds is 2. The molecule has 11 heavy (non-hydrogen) atoms. The number of aliphatic hydroxyl groups is 1. The van der Waals surface area contributed by atoms with Gasteiger partial charge >= 0.3 is 0 Å². The maximum absolute atomic E-state index is 9.30. The van der Waals surface area contributed by atoms with E-state index in [9.17, 15) is 5.11 Å². The van der Waals surface area contributed by atoms with Crippen molar-refractivity contribution in [2.45, 2.75) is 26.4 Å². The number of hydrogen-bond donors (Lipinski definition) is 1. The normalized spacial score (nSPS) is 13.0. The Labute approximate surface area is 66.9 Å². The molecule has 2 heteroatoms. The summed E-state index contributed by atoms with van der Waals surface area (Å²) >= 11 is 0. The van der Waals surface area contributed by atoms with E-state index in [4.69, 9.17) is 0 Å². The Kier molecular flexibility index (Phi) is 2.60. The molecular formula is C9H13NO. The molecule has 0 saturated carbocycles. The first kappa shape index (κ1) is 8.21. The third-order valence-corrected chi connectivity index (χ3v) is 1.78. The highest BCUT2D eigenvalue weighted by Gasteiger charge is 2.04.